The highest BCUT2D eigenvalue weighted by atomic mass is 16.5. The first-order chi connectivity index (χ1) is 11.2. The van der Waals surface area contributed by atoms with Crippen molar-refractivity contribution in [1.82, 2.24) is 9.97 Å². The number of methoxy groups -OCH3 is 1. The molecule has 2 aromatic carbocycles. The third kappa shape index (κ3) is 2.44. The molecule has 0 atom stereocenters. The summed E-state index contributed by atoms with van der Waals surface area (Å²) in [6.45, 7) is 2.06. The predicted molar refractivity (Wildman–Crippen MR) is 94.1 cm³/mol. The van der Waals surface area contributed by atoms with Gasteiger partial charge >= 0.3 is 0 Å². The van der Waals surface area contributed by atoms with Crippen molar-refractivity contribution in [1.29, 1.82) is 0 Å². The molecule has 4 aromatic rings. The van der Waals surface area contributed by atoms with Gasteiger partial charge in [-0.2, -0.15) is 0 Å². The number of hydrogen-bond acceptors (Lipinski definition) is 2. The van der Waals surface area contributed by atoms with E-state index in [1.165, 1.54) is 16.3 Å². The number of aromatic nitrogens is 2. The molecule has 0 spiro atoms. The minimum absolute atomic E-state index is 0.848. The highest BCUT2D eigenvalue weighted by molar-refractivity contribution is 6.08. The van der Waals surface area contributed by atoms with Crippen LogP contribution in [0.25, 0.3) is 21.8 Å². The minimum atomic E-state index is 0.848. The lowest BCUT2D eigenvalue weighted by molar-refractivity contribution is 0.415. The summed E-state index contributed by atoms with van der Waals surface area (Å²) in [5.41, 5.74) is 5.59. The average molecular weight is 302 g/mol. The van der Waals surface area contributed by atoms with Gasteiger partial charge in [0.25, 0.3) is 0 Å². The van der Waals surface area contributed by atoms with Crippen LogP contribution in [0, 0.1) is 6.92 Å². The molecule has 0 aliphatic heterocycles. The zero-order valence-electron chi connectivity index (χ0n) is 13.3. The van der Waals surface area contributed by atoms with E-state index in [1.54, 1.807) is 7.11 Å². The molecule has 0 bridgehead atoms. The minimum Gasteiger partial charge on any atom is -0.497 e. The van der Waals surface area contributed by atoms with E-state index >= 15 is 0 Å². The van der Waals surface area contributed by atoms with Crippen molar-refractivity contribution in [3.8, 4) is 5.75 Å². The average Bonchev–Trinajstić information content (AvgIpc) is 2.94. The van der Waals surface area contributed by atoms with E-state index in [0.717, 1.165) is 34.6 Å². The second-order valence-electron chi connectivity index (χ2n) is 5.82. The Morgan fingerprint density at radius 3 is 2.61 bits per heavy atom. The smallest absolute Gasteiger partial charge is 0.120 e. The molecule has 2 aromatic heterocycles. The van der Waals surface area contributed by atoms with Gasteiger partial charge in [-0.25, -0.2) is 0 Å². The van der Waals surface area contributed by atoms with E-state index in [-0.39, 0.29) is 0 Å². The van der Waals surface area contributed by atoms with Gasteiger partial charge in [0.15, 0.2) is 0 Å². The van der Waals surface area contributed by atoms with E-state index in [1.807, 2.05) is 18.2 Å². The summed E-state index contributed by atoms with van der Waals surface area (Å²) < 4.78 is 5.32. The third-order valence-corrected chi connectivity index (χ3v) is 4.26. The van der Waals surface area contributed by atoms with Crippen LogP contribution >= 0.6 is 0 Å². The molecule has 2 heterocycles. The summed E-state index contributed by atoms with van der Waals surface area (Å²) in [5.74, 6) is 0.860. The van der Waals surface area contributed by atoms with Crippen LogP contribution in [0.3, 0.4) is 0 Å². The van der Waals surface area contributed by atoms with Gasteiger partial charge < -0.3 is 9.72 Å². The number of benzene rings is 2. The maximum Gasteiger partial charge on any atom is 0.120 e. The van der Waals surface area contributed by atoms with Crippen molar-refractivity contribution in [3.05, 3.63) is 71.5 Å². The molecular weight excluding hydrogens is 284 g/mol. The highest BCUT2D eigenvalue weighted by Crippen LogP contribution is 2.30. The summed E-state index contributed by atoms with van der Waals surface area (Å²) in [5, 5.41) is 2.43. The maximum absolute atomic E-state index is 5.32. The van der Waals surface area contributed by atoms with Crippen LogP contribution < -0.4 is 4.74 Å². The fourth-order valence-electron chi connectivity index (χ4n) is 3.13. The largest absolute Gasteiger partial charge is 0.497 e. The van der Waals surface area contributed by atoms with Gasteiger partial charge in [0, 0.05) is 29.0 Å². The van der Waals surface area contributed by atoms with Crippen molar-refractivity contribution < 1.29 is 4.74 Å². The fourth-order valence-corrected chi connectivity index (χ4v) is 3.13. The Hall–Kier alpha value is -2.81. The number of H-pyrrole nitrogens is 1. The zero-order valence-corrected chi connectivity index (χ0v) is 13.3. The Morgan fingerprint density at radius 1 is 1.00 bits per heavy atom. The van der Waals surface area contributed by atoms with Gasteiger partial charge in [-0.1, -0.05) is 30.3 Å². The lowest BCUT2D eigenvalue weighted by Crippen LogP contribution is -1.94. The molecule has 0 aliphatic carbocycles. The molecule has 0 aliphatic rings. The molecule has 1 N–H and O–H groups in total. The number of nitrogens with one attached hydrogen (secondary N) is 1. The maximum atomic E-state index is 5.32. The number of rotatable bonds is 3. The molecule has 0 unspecified atom stereocenters. The number of pyridine rings is 1. The number of nitrogens with zero attached hydrogens (tertiary/aromatic N) is 1. The molecule has 0 saturated heterocycles. The predicted octanol–water partition coefficient (Wildman–Crippen LogP) is 4.62. The Morgan fingerprint density at radius 2 is 1.83 bits per heavy atom. The van der Waals surface area contributed by atoms with Gasteiger partial charge in [0.1, 0.15) is 5.75 Å². The third-order valence-electron chi connectivity index (χ3n) is 4.26. The van der Waals surface area contributed by atoms with Crippen LogP contribution in [0.2, 0.25) is 0 Å². The molecule has 23 heavy (non-hydrogen) atoms. The summed E-state index contributed by atoms with van der Waals surface area (Å²) in [6, 6.07) is 18.8. The first-order valence-corrected chi connectivity index (χ1v) is 7.74. The Bertz CT molecular complexity index is 987. The van der Waals surface area contributed by atoms with E-state index in [9.17, 15) is 0 Å². The first-order valence-electron chi connectivity index (χ1n) is 7.74. The standard InChI is InChI=1S/C20H18N2O/c1-13-20-18(17-9-8-16(23-2)12-19(17)22-20)11-15(21-13)10-14-6-4-3-5-7-14/h3-9,11-12,22H,10H2,1-2H3. The fraction of sp³-hybridized carbons (Fsp3) is 0.150. The molecule has 3 heteroatoms. The summed E-state index contributed by atoms with van der Waals surface area (Å²) in [6.07, 6.45) is 0.848. The summed E-state index contributed by atoms with van der Waals surface area (Å²) in [7, 11) is 1.69. The summed E-state index contributed by atoms with van der Waals surface area (Å²) >= 11 is 0. The number of aromatic amines is 1. The van der Waals surface area contributed by atoms with Crippen LogP contribution in [0.1, 0.15) is 17.0 Å². The van der Waals surface area contributed by atoms with Crippen molar-refractivity contribution in [2.75, 3.05) is 7.11 Å². The molecule has 0 amide bonds. The van der Waals surface area contributed by atoms with Gasteiger partial charge in [-0.3, -0.25) is 4.98 Å². The monoisotopic (exact) mass is 302 g/mol. The molecule has 0 radical (unpaired) electrons. The molecular formula is C20H18N2O. The molecule has 4 rings (SSSR count). The van der Waals surface area contributed by atoms with Gasteiger partial charge in [-0.05, 0) is 30.7 Å². The lowest BCUT2D eigenvalue weighted by atomic mass is 10.1. The van der Waals surface area contributed by atoms with Crippen LogP contribution in [0.5, 0.6) is 5.75 Å². The second-order valence-corrected chi connectivity index (χ2v) is 5.82. The lowest BCUT2D eigenvalue weighted by Gasteiger charge is -2.04. The van der Waals surface area contributed by atoms with Gasteiger partial charge in [0.2, 0.25) is 0 Å². The van der Waals surface area contributed by atoms with E-state index in [2.05, 4.69) is 48.3 Å². The second kappa shape index (κ2) is 5.43. The normalized spacial score (nSPS) is 11.2. The van der Waals surface area contributed by atoms with Crippen LogP contribution in [-0.2, 0) is 6.42 Å². The van der Waals surface area contributed by atoms with Crippen LogP contribution in [-0.4, -0.2) is 17.1 Å². The van der Waals surface area contributed by atoms with Crippen LogP contribution in [0.4, 0.5) is 0 Å². The first kappa shape index (κ1) is 13.8. The van der Waals surface area contributed by atoms with Gasteiger partial charge in [-0.15, -0.1) is 0 Å². The highest BCUT2D eigenvalue weighted by Gasteiger charge is 2.10. The number of ether oxygens (including phenoxy) is 1. The van der Waals surface area contributed by atoms with Crippen molar-refractivity contribution >= 4 is 21.8 Å². The number of aryl methyl sites for hydroxylation is 1. The Labute approximate surface area is 134 Å². The Balaban J connectivity index is 1.87. The number of fused-ring (bicyclic) bond motifs is 3. The van der Waals surface area contributed by atoms with Crippen molar-refractivity contribution in [2.45, 2.75) is 13.3 Å². The zero-order chi connectivity index (χ0) is 15.8. The molecule has 0 saturated carbocycles. The van der Waals surface area contributed by atoms with Crippen molar-refractivity contribution in [3.63, 3.8) is 0 Å². The van der Waals surface area contributed by atoms with E-state index in [0.29, 0.717) is 0 Å². The SMILES string of the molecule is COc1ccc2c(c1)[nH]c1c(C)nc(Cc3ccccc3)cc12. The Kier molecular flexibility index (Phi) is 3.27. The quantitative estimate of drug-likeness (QED) is 0.599. The van der Waals surface area contributed by atoms with E-state index < -0.39 is 0 Å². The summed E-state index contributed by atoms with van der Waals surface area (Å²) in [4.78, 5) is 8.24. The number of hydrogen-bond donors (Lipinski definition) is 1. The molecule has 114 valence electrons. The molecule has 3 nitrogen and oxygen atoms in total. The van der Waals surface area contributed by atoms with Crippen molar-refractivity contribution in [2.24, 2.45) is 0 Å². The van der Waals surface area contributed by atoms with Gasteiger partial charge in [0.05, 0.1) is 23.8 Å². The van der Waals surface area contributed by atoms with Crippen LogP contribution in [0.15, 0.2) is 54.6 Å². The molecule has 0 fully saturated rings. The topological polar surface area (TPSA) is 37.9 Å². The van der Waals surface area contributed by atoms with E-state index in [4.69, 9.17) is 9.72 Å².